The van der Waals surface area contributed by atoms with E-state index in [0.717, 1.165) is 17.3 Å². The van der Waals surface area contributed by atoms with Crippen molar-refractivity contribution in [3.63, 3.8) is 0 Å². The highest BCUT2D eigenvalue weighted by Crippen LogP contribution is 2.30. The maximum absolute atomic E-state index is 13.4. The first-order valence-corrected chi connectivity index (χ1v) is 11.8. The van der Waals surface area contributed by atoms with Crippen LogP contribution in [0.1, 0.15) is 15.9 Å². The van der Waals surface area contributed by atoms with E-state index in [1.54, 1.807) is 36.4 Å². The second-order valence-electron chi connectivity index (χ2n) is 7.80. The number of aryl methyl sites for hydroxylation is 1. The Morgan fingerprint density at radius 2 is 2.00 bits per heavy atom. The highest BCUT2D eigenvalue weighted by Gasteiger charge is 2.19. The van der Waals surface area contributed by atoms with Crippen molar-refractivity contribution in [2.45, 2.75) is 12.1 Å². The van der Waals surface area contributed by atoms with E-state index in [0.29, 0.717) is 43.8 Å². The number of ether oxygens (including phenoxy) is 1. The molecule has 0 atom stereocenters. The molecule has 7 nitrogen and oxygen atoms in total. The fourth-order valence-corrected chi connectivity index (χ4v) is 4.77. The van der Waals surface area contributed by atoms with Gasteiger partial charge in [-0.25, -0.2) is 4.98 Å². The molecule has 0 unspecified atom stereocenters. The van der Waals surface area contributed by atoms with Gasteiger partial charge < -0.3 is 10.1 Å². The number of carbonyl (C=O) groups is 2. The fraction of sp³-hybridized carbons (Fsp3) is 0.120. The molecule has 1 aliphatic heterocycles. The van der Waals surface area contributed by atoms with Gasteiger partial charge in [-0.3, -0.25) is 19.0 Å². The third kappa shape index (κ3) is 4.30. The van der Waals surface area contributed by atoms with Crippen LogP contribution in [-0.4, -0.2) is 33.6 Å². The second kappa shape index (κ2) is 8.96. The highest BCUT2D eigenvalue weighted by atomic mass is 35.5. The van der Waals surface area contributed by atoms with E-state index in [9.17, 15) is 14.4 Å². The minimum Gasteiger partial charge on any atom is -0.482 e. The quantitative estimate of drug-likeness (QED) is 0.248. The lowest BCUT2D eigenvalue weighted by Crippen LogP contribution is -2.25. The minimum absolute atomic E-state index is 0.0396. The number of hydrogen-bond donors (Lipinski definition) is 1. The number of fused-ring (bicyclic) bond motifs is 2. The third-order valence-electron chi connectivity index (χ3n) is 5.33. The Morgan fingerprint density at radius 3 is 2.82 bits per heavy atom. The van der Waals surface area contributed by atoms with Crippen molar-refractivity contribution in [2.24, 2.45) is 0 Å². The summed E-state index contributed by atoms with van der Waals surface area (Å²) in [6.07, 6.45) is 0. The van der Waals surface area contributed by atoms with Crippen LogP contribution in [0.5, 0.6) is 5.75 Å². The van der Waals surface area contributed by atoms with Gasteiger partial charge >= 0.3 is 0 Å². The minimum atomic E-state index is -0.271. The van der Waals surface area contributed by atoms with E-state index in [1.807, 2.05) is 31.2 Å². The van der Waals surface area contributed by atoms with E-state index in [4.69, 9.17) is 16.3 Å². The van der Waals surface area contributed by atoms with Gasteiger partial charge in [0, 0.05) is 10.6 Å². The maximum Gasteiger partial charge on any atom is 0.266 e. The van der Waals surface area contributed by atoms with E-state index >= 15 is 0 Å². The van der Waals surface area contributed by atoms with Gasteiger partial charge in [0.2, 0.25) is 0 Å². The van der Waals surface area contributed by atoms with Crippen molar-refractivity contribution in [3.05, 3.63) is 87.2 Å². The first-order valence-electron chi connectivity index (χ1n) is 10.4. The number of rotatable bonds is 5. The predicted molar refractivity (Wildman–Crippen MR) is 133 cm³/mol. The number of carbonyl (C=O) groups excluding carboxylic acids is 2. The van der Waals surface area contributed by atoms with Crippen LogP contribution in [0.15, 0.2) is 70.6 Å². The van der Waals surface area contributed by atoms with Crippen molar-refractivity contribution in [3.8, 4) is 11.4 Å². The zero-order valence-electron chi connectivity index (χ0n) is 18.0. The van der Waals surface area contributed by atoms with Crippen molar-refractivity contribution in [2.75, 3.05) is 17.7 Å². The number of anilines is 1. The zero-order chi connectivity index (χ0) is 23.8. The average molecular weight is 492 g/mol. The Morgan fingerprint density at radius 1 is 1.15 bits per heavy atom. The van der Waals surface area contributed by atoms with Crippen LogP contribution in [0.4, 0.5) is 5.69 Å². The summed E-state index contributed by atoms with van der Waals surface area (Å²) >= 11 is 7.29. The van der Waals surface area contributed by atoms with Gasteiger partial charge in [0.25, 0.3) is 11.5 Å². The Hall–Kier alpha value is -3.62. The summed E-state index contributed by atoms with van der Waals surface area (Å²) in [6.45, 7) is 1.89. The Bertz CT molecular complexity index is 1530. The van der Waals surface area contributed by atoms with Crippen LogP contribution in [-0.2, 0) is 4.79 Å². The number of Topliss-reactive ketones (excluding diaryl/α,β-unsaturated/α-hetero) is 1. The summed E-state index contributed by atoms with van der Waals surface area (Å²) in [4.78, 5) is 42.6. The summed E-state index contributed by atoms with van der Waals surface area (Å²) in [7, 11) is 0. The molecule has 1 aromatic heterocycles. The van der Waals surface area contributed by atoms with E-state index in [-0.39, 0.29) is 29.6 Å². The average Bonchev–Trinajstić information content (AvgIpc) is 2.81. The first-order chi connectivity index (χ1) is 16.4. The molecule has 0 bridgehead atoms. The molecule has 34 heavy (non-hydrogen) atoms. The molecule has 1 amide bonds. The van der Waals surface area contributed by atoms with Crippen LogP contribution in [0.25, 0.3) is 16.6 Å². The lowest BCUT2D eigenvalue weighted by atomic mass is 10.1. The Kier molecular flexibility index (Phi) is 5.85. The number of aromatic nitrogens is 2. The third-order valence-corrected chi connectivity index (χ3v) is 6.50. The number of benzene rings is 3. The van der Waals surface area contributed by atoms with Gasteiger partial charge in [-0.1, -0.05) is 35.5 Å². The summed E-state index contributed by atoms with van der Waals surface area (Å²) < 4.78 is 6.87. The summed E-state index contributed by atoms with van der Waals surface area (Å²) in [6, 6.07) is 17.4. The number of halogens is 1. The summed E-state index contributed by atoms with van der Waals surface area (Å²) in [5.74, 6) is 0.111. The molecule has 1 aliphatic rings. The lowest BCUT2D eigenvalue weighted by Gasteiger charge is -2.18. The lowest BCUT2D eigenvalue weighted by molar-refractivity contribution is -0.118. The predicted octanol–water partition coefficient (Wildman–Crippen LogP) is 4.65. The molecule has 170 valence electrons. The van der Waals surface area contributed by atoms with Crippen LogP contribution in [0.3, 0.4) is 0 Å². The van der Waals surface area contributed by atoms with Gasteiger partial charge in [0.15, 0.2) is 17.5 Å². The number of nitrogens with zero attached hydrogens (tertiary/aromatic N) is 2. The first kappa shape index (κ1) is 22.2. The topological polar surface area (TPSA) is 90.3 Å². The number of ketones is 1. The van der Waals surface area contributed by atoms with Crippen molar-refractivity contribution in [1.82, 2.24) is 9.55 Å². The fourth-order valence-electron chi connectivity index (χ4n) is 3.70. The van der Waals surface area contributed by atoms with Crippen LogP contribution >= 0.6 is 23.4 Å². The molecule has 0 saturated heterocycles. The van der Waals surface area contributed by atoms with Crippen molar-refractivity contribution < 1.29 is 14.3 Å². The van der Waals surface area contributed by atoms with Crippen LogP contribution < -0.4 is 15.6 Å². The number of nitrogens with one attached hydrogen (secondary N) is 1. The summed E-state index contributed by atoms with van der Waals surface area (Å²) in [5.41, 5.74) is 2.76. The van der Waals surface area contributed by atoms with E-state index in [1.165, 1.54) is 4.57 Å². The molecule has 5 rings (SSSR count). The van der Waals surface area contributed by atoms with Gasteiger partial charge in [-0.05, 0) is 61.0 Å². The second-order valence-corrected chi connectivity index (χ2v) is 9.17. The monoisotopic (exact) mass is 491 g/mol. The molecule has 0 aliphatic carbocycles. The molecule has 3 aromatic carbocycles. The summed E-state index contributed by atoms with van der Waals surface area (Å²) in [5, 5.41) is 3.99. The Balaban J connectivity index is 1.51. The van der Waals surface area contributed by atoms with Crippen LogP contribution in [0, 0.1) is 6.92 Å². The van der Waals surface area contributed by atoms with Crippen molar-refractivity contribution in [1.29, 1.82) is 0 Å². The maximum atomic E-state index is 13.4. The SMILES string of the molecule is Cc1cccc(-n2c(SCC(=O)c3ccc4c(c3)NC(=O)CO4)nc3cc(Cl)ccc3c2=O)c1. The van der Waals surface area contributed by atoms with E-state index in [2.05, 4.69) is 10.3 Å². The van der Waals surface area contributed by atoms with Gasteiger partial charge in [0.05, 0.1) is 28.0 Å². The highest BCUT2D eigenvalue weighted by molar-refractivity contribution is 7.99. The molecule has 0 saturated carbocycles. The van der Waals surface area contributed by atoms with E-state index < -0.39 is 0 Å². The van der Waals surface area contributed by atoms with Gasteiger partial charge in [-0.15, -0.1) is 0 Å². The number of thioether (sulfide) groups is 1. The molecular formula is C25H18ClN3O4S. The number of amides is 1. The molecule has 1 N–H and O–H groups in total. The molecular weight excluding hydrogens is 474 g/mol. The smallest absolute Gasteiger partial charge is 0.266 e. The van der Waals surface area contributed by atoms with Crippen LogP contribution in [0.2, 0.25) is 5.02 Å². The largest absolute Gasteiger partial charge is 0.482 e. The molecule has 0 fully saturated rings. The molecule has 9 heteroatoms. The molecule has 2 heterocycles. The number of hydrogen-bond acceptors (Lipinski definition) is 6. The molecule has 0 radical (unpaired) electrons. The normalized spacial score (nSPS) is 12.7. The van der Waals surface area contributed by atoms with Gasteiger partial charge in [-0.2, -0.15) is 0 Å². The van der Waals surface area contributed by atoms with Crippen molar-refractivity contribution >= 4 is 51.6 Å². The molecule has 0 spiro atoms. The van der Waals surface area contributed by atoms with Gasteiger partial charge in [0.1, 0.15) is 5.75 Å². The standard InChI is InChI=1S/C25H18ClN3O4S/c1-14-3-2-4-17(9-14)29-24(32)18-7-6-16(26)11-19(18)28-25(29)34-13-21(30)15-5-8-22-20(10-15)27-23(31)12-33-22/h2-11H,12-13H2,1H3,(H,27,31). The Labute approximate surface area is 203 Å². The zero-order valence-corrected chi connectivity index (χ0v) is 19.6. The molecule has 4 aromatic rings.